The number of benzene rings is 3. The summed E-state index contributed by atoms with van der Waals surface area (Å²) >= 11 is 0. The number of carbonyl (C=O) groups excluding carboxylic acids is 1. The van der Waals surface area contributed by atoms with Gasteiger partial charge in [0, 0.05) is 24.1 Å². The highest BCUT2D eigenvalue weighted by molar-refractivity contribution is 7.90. The fourth-order valence-electron chi connectivity index (χ4n) is 3.45. The molecule has 4 rings (SSSR count). The van der Waals surface area contributed by atoms with E-state index in [-0.39, 0.29) is 10.8 Å². The fraction of sp³-hybridized carbons (Fsp3) is 0.136. The van der Waals surface area contributed by atoms with Crippen LogP contribution in [0.1, 0.15) is 15.9 Å². The summed E-state index contributed by atoms with van der Waals surface area (Å²) in [7, 11) is -3.29. The van der Waals surface area contributed by atoms with Crippen molar-refractivity contribution in [3.63, 3.8) is 0 Å². The zero-order valence-electron chi connectivity index (χ0n) is 15.4. The third kappa shape index (κ3) is 3.51. The Morgan fingerprint density at radius 3 is 2.25 bits per heavy atom. The number of anilines is 3. The van der Waals surface area contributed by atoms with Gasteiger partial charge < -0.3 is 10.2 Å². The van der Waals surface area contributed by atoms with Crippen molar-refractivity contribution in [1.82, 2.24) is 0 Å². The molecule has 3 aromatic carbocycles. The SMILES string of the molecule is CS(=O)(=O)c1ccc(C(=O)Nc2ccccc2N2CCc3ccccc32)cc1. The Morgan fingerprint density at radius 2 is 1.54 bits per heavy atom. The molecule has 1 N–H and O–H groups in total. The van der Waals surface area contributed by atoms with Gasteiger partial charge in [0.25, 0.3) is 5.91 Å². The standard InChI is InChI=1S/C22H20N2O3S/c1-28(26,27)18-12-10-17(11-13-18)22(25)23-19-7-3-5-9-21(19)24-15-14-16-6-2-4-8-20(16)24/h2-13H,14-15H2,1H3,(H,23,25). The van der Waals surface area contributed by atoms with Crippen LogP contribution in [-0.4, -0.2) is 27.1 Å². The van der Waals surface area contributed by atoms with E-state index in [4.69, 9.17) is 0 Å². The number of nitrogens with zero attached hydrogens (tertiary/aromatic N) is 1. The summed E-state index contributed by atoms with van der Waals surface area (Å²) in [5, 5.41) is 2.96. The smallest absolute Gasteiger partial charge is 0.255 e. The molecule has 3 aromatic rings. The van der Waals surface area contributed by atoms with E-state index >= 15 is 0 Å². The van der Waals surface area contributed by atoms with Gasteiger partial charge in [-0.3, -0.25) is 4.79 Å². The van der Waals surface area contributed by atoms with Crippen LogP contribution in [0.15, 0.2) is 77.7 Å². The molecule has 6 heteroatoms. The number of nitrogens with one attached hydrogen (secondary N) is 1. The minimum Gasteiger partial charge on any atom is -0.339 e. The third-order valence-corrected chi connectivity index (χ3v) is 6.00. The second-order valence-electron chi connectivity index (χ2n) is 6.80. The van der Waals surface area contributed by atoms with Gasteiger partial charge in [-0.05, 0) is 54.4 Å². The van der Waals surface area contributed by atoms with Gasteiger partial charge in [0.15, 0.2) is 9.84 Å². The maximum atomic E-state index is 12.7. The lowest BCUT2D eigenvalue weighted by Gasteiger charge is -2.23. The third-order valence-electron chi connectivity index (χ3n) is 4.87. The zero-order chi connectivity index (χ0) is 19.7. The van der Waals surface area contributed by atoms with E-state index in [2.05, 4.69) is 22.3 Å². The Labute approximate surface area is 164 Å². The van der Waals surface area contributed by atoms with Crippen molar-refractivity contribution >= 4 is 32.8 Å². The predicted octanol–water partition coefficient (Wildman–Crippen LogP) is 4.04. The summed E-state index contributed by atoms with van der Waals surface area (Å²) in [6, 6.07) is 21.9. The number of para-hydroxylation sites is 3. The highest BCUT2D eigenvalue weighted by Gasteiger charge is 2.22. The second kappa shape index (κ2) is 7.13. The van der Waals surface area contributed by atoms with Gasteiger partial charge in [-0.15, -0.1) is 0 Å². The first-order valence-electron chi connectivity index (χ1n) is 8.99. The van der Waals surface area contributed by atoms with Crippen molar-refractivity contribution in [3.8, 4) is 0 Å². The monoisotopic (exact) mass is 392 g/mol. The summed E-state index contributed by atoms with van der Waals surface area (Å²) in [6.45, 7) is 0.856. The first-order valence-corrected chi connectivity index (χ1v) is 10.9. The molecule has 0 saturated carbocycles. The molecule has 0 bridgehead atoms. The van der Waals surface area contributed by atoms with Gasteiger partial charge in [-0.1, -0.05) is 30.3 Å². The van der Waals surface area contributed by atoms with Crippen LogP contribution < -0.4 is 10.2 Å². The lowest BCUT2D eigenvalue weighted by Crippen LogP contribution is -2.18. The molecule has 0 aliphatic carbocycles. The van der Waals surface area contributed by atoms with Crippen LogP contribution in [0.25, 0.3) is 0 Å². The Kier molecular flexibility index (Phi) is 4.65. The van der Waals surface area contributed by atoms with Crippen molar-refractivity contribution in [2.24, 2.45) is 0 Å². The number of hydrogen-bond acceptors (Lipinski definition) is 4. The zero-order valence-corrected chi connectivity index (χ0v) is 16.2. The number of fused-ring (bicyclic) bond motifs is 1. The van der Waals surface area contributed by atoms with Gasteiger partial charge in [0.1, 0.15) is 0 Å². The molecule has 0 atom stereocenters. The summed E-state index contributed by atoms with van der Waals surface area (Å²) in [5.74, 6) is -0.278. The summed E-state index contributed by atoms with van der Waals surface area (Å²) in [5.41, 5.74) is 4.51. The van der Waals surface area contributed by atoms with Crippen molar-refractivity contribution < 1.29 is 13.2 Å². The second-order valence-corrected chi connectivity index (χ2v) is 8.81. The van der Waals surface area contributed by atoms with E-state index in [9.17, 15) is 13.2 Å². The minimum absolute atomic E-state index is 0.193. The van der Waals surface area contributed by atoms with E-state index in [1.807, 2.05) is 36.4 Å². The van der Waals surface area contributed by atoms with Crippen LogP contribution in [-0.2, 0) is 16.3 Å². The molecule has 0 unspecified atom stereocenters. The molecule has 1 heterocycles. The van der Waals surface area contributed by atoms with Crippen molar-refractivity contribution in [1.29, 1.82) is 0 Å². The van der Waals surface area contributed by atoms with Crippen LogP contribution in [0.2, 0.25) is 0 Å². The topological polar surface area (TPSA) is 66.5 Å². The largest absolute Gasteiger partial charge is 0.339 e. The first kappa shape index (κ1) is 18.3. The van der Waals surface area contributed by atoms with Crippen molar-refractivity contribution in [2.75, 3.05) is 23.0 Å². The summed E-state index contributed by atoms with van der Waals surface area (Å²) < 4.78 is 23.2. The average Bonchev–Trinajstić information content (AvgIpc) is 3.12. The molecule has 0 aromatic heterocycles. The number of rotatable bonds is 4. The molecule has 0 saturated heterocycles. The van der Waals surface area contributed by atoms with Crippen LogP contribution in [0.5, 0.6) is 0 Å². The summed E-state index contributed by atoms with van der Waals surface area (Å²) in [6.07, 6.45) is 2.11. The van der Waals surface area contributed by atoms with Crippen LogP contribution in [0.4, 0.5) is 17.1 Å². The Hall–Kier alpha value is -3.12. The highest BCUT2D eigenvalue weighted by Crippen LogP contribution is 2.38. The average molecular weight is 392 g/mol. The van der Waals surface area contributed by atoms with Crippen LogP contribution >= 0.6 is 0 Å². The van der Waals surface area contributed by atoms with Gasteiger partial charge in [0.05, 0.1) is 16.3 Å². The molecule has 1 aliphatic heterocycles. The molecule has 0 radical (unpaired) electrons. The van der Waals surface area contributed by atoms with E-state index < -0.39 is 9.84 Å². The molecular formula is C22H20N2O3S. The lowest BCUT2D eigenvalue weighted by molar-refractivity contribution is 0.102. The molecule has 1 aliphatic rings. The molecule has 5 nitrogen and oxygen atoms in total. The van der Waals surface area contributed by atoms with E-state index in [0.29, 0.717) is 5.56 Å². The number of hydrogen-bond donors (Lipinski definition) is 1. The van der Waals surface area contributed by atoms with Gasteiger partial charge in [0.2, 0.25) is 0 Å². The van der Waals surface area contributed by atoms with E-state index in [1.165, 1.54) is 29.8 Å². The molecule has 0 spiro atoms. The molecule has 0 fully saturated rings. The quantitative estimate of drug-likeness (QED) is 0.728. The van der Waals surface area contributed by atoms with Crippen LogP contribution in [0, 0.1) is 0 Å². The van der Waals surface area contributed by atoms with Crippen LogP contribution in [0.3, 0.4) is 0 Å². The predicted molar refractivity (Wildman–Crippen MR) is 111 cm³/mol. The maximum absolute atomic E-state index is 12.7. The Bertz CT molecular complexity index is 1140. The number of amides is 1. The summed E-state index contributed by atoms with van der Waals surface area (Å²) in [4.78, 5) is 15.1. The molecule has 142 valence electrons. The van der Waals surface area contributed by atoms with E-state index in [1.54, 1.807) is 0 Å². The first-order chi connectivity index (χ1) is 13.4. The number of carbonyl (C=O) groups is 1. The molecule has 1 amide bonds. The fourth-order valence-corrected chi connectivity index (χ4v) is 4.08. The number of sulfone groups is 1. The van der Waals surface area contributed by atoms with Gasteiger partial charge in [-0.2, -0.15) is 0 Å². The van der Waals surface area contributed by atoms with Crippen molar-refractivity contribution in [3.05, 3.63) is 83.9 Å². The minimum atomic E-state index is -3.29. The van der Waals surface area contributed by atoms with E-state index in [0.717, 1.165) is 36.3 Å². The van der Waals surface area contributed by atoms with Gasteiger partial charge in [-0.25, -0.2) is 8.42 Å². The molecule has 28 heavy (non-hydrogen) atoms. The lowest BCUT2D eigenvalue weighted by atomic mass is 10.1. The van der Waals surface area contributed by atoms with Gasteiger partial charge >= 0.3 is 0 Å². The maximum Gasteiger partial charge on any atom is 0.255 e. The normalized spacial score (nSPS) is 13.2. The Balaban J connectivity index is 1.61. The van der Waals surface area contributed by atoms with Crippen molar-refractivity contribution in [2.45, 2.75) is 11.3 Å². The Morgan fingerprint density at radius 1 is 0.893 bits per heavy atom. The molecular weight excluding hydrogens is 372 g/mol. The highest BCUT2D eigenvalue weighted by atomic mass is 32.2.